The Kier molecular flexibility index (Phi) is 4.95. The molecule has 1 amide bonds. The smallest absolute Gasteiger partial charge is 0.306 e. The summed E-state index contributed by atoms with van der Waals surface area (Å²) in [5.74, 6) is -1.23. The number of thioether (sulfide) groups is 1. The lowest BCUT2D eigenvalue weighted by Gasteiger charge is -2.07. The molecule has 0 bridgehead atoms. The Morgan fingerprint density at radius 3 is 2.73 bits per heavy atom. The van der Waals surface area contributed by atoms with Crippen molar-refractivity contribution in [3.8, 4) is 0 Å². The van der Waals surface area contributed by atoms with Crippen molar-refractivity contribution in [1.82, 2.24) is 0 Å². The molecule has 0 saturated carbocycles. The molecule has 3 N–H and O–H groups in total. The number of hydrogen-bond donors (Lipinski definition) is 2. The second-order valence-electron chi connectivity index (χ2n) is 4.30. The predicted octanol–water partition coefficient (Wildman–Crippen LogP) is 3.05. The molecule has 0 aromatic heterocycles. The molecule has 2 aromatic carbocycles. The number of rotatable bonds is 5. The van der Waals surface area contributed by atoms with Crippen LogP contribution in [0, 0.1) is 15.9 Å². The van der Waals surface area contributed by atoms with Crippen molar-refractivity contribution in [2.45, 2.75) is 4.90 Å². The van der Waals surface area contributed by atoms with Crippen molar-refractivity contribution < 1.29 is 14.1 Å². The number of nitrogens with one attached hydrogen (secondary N) is 1. The normalized spacial score (nSPS) is 10.2. The third kappa shape index (κ3) is 3.95. The Balaban J connectivity index is 1.99. The minimum Gasteiger partial charge on any atom is -0.398 e. The molecule has 0 aliphatic rings. The standard InChI is InChI=1S/C14H12FN3O3S/c15-10-6-5-9(7-12(10)18(20)21)17-14(19)8-22-13-4-2-1-3-11(13)16/h1-7H,8,16H2,(H,17,19). The van der Waals surface area contributed by atoms with Gasteiger partial charge >= 0.3 is 5.69 Å². The summed E-state index contributed by atoms with van der Waals surface area (Å²) in [5.41, 5.74) is 5.81. The van der Waals surface area contributed by atoms with Gasteiger partial charge in [0, 0.05) is 22.3 Å². The Labute approximate surface area is 129 Å². The van der Waals surface area contributed by atoms with E-state index < -0.39 is 16.4 Å². The van der Waals surface area contributed by atoms with E-state index in [4.69, 9.17) is 5.73 Å². The molecule has 0 heterocycles. The molecular weight excluding hydrogens is 309 g/mol. The number of carbonyl (C=O) groups is 1. The first-order valence-corrected chi connectivity index (χ1v) is 7.17. The number of nitrogens with two attached hydrogens (primary N) is 1. The van der Waals surface area contributed by atoms with Crippen LogP contribution in [0.2, 0.25) is 0 Å². The van der Waals surface area contributed by atoms with E-state index in [0.717, 1.165) is 17.0 Å². The number of carbonyl (C=O) groups excluding carboxylic acids is 1. The van der Waals surface area contributed by atoms with E-state index in [2.05, 4.69) is 5.32 Å². The van der Waals surface area contributed by atoms with Gasteiger partial charge < -0.3 is 11.1 Å². The highest BCUT2D eigenvalue weighted by Gasteiger charge is 2.15. The molecule has 0 atom stereocenters. The number of benzene rings is 2. The van der Waals surface area contributed by atoms with Gasteiger partial charge in [0.1, 0.15) is 0 Å². The van der Waals surface area contributed by atoms with Gasteiger partial charge in [0.15, 0.2) is 0 Å². The fraction of sp³-hybridized carbons (Fsp3) is 0.0714. The third-order valence-electron chi connectivity index (χ3n) is 2.70. The first-order valence-electron chi connectivity index (χ1n) is 6.18. The average Bonchev–Trinajstić information content (AvgIpc) is 2.48. The molecule has 0 spiro atoms. The summed E-state index contributed by atoms with van der Waals surface area (Å²) in [6, 6.07) is 10.3. The number of anilines is 2. The highest BCUT2D eigenvalue weighted by atomic mass is 32.2. The number of hydrogen-bond acceptors (Lipinski definition) is 5. The lowest BCUT2D eigenvalue weighted by Crippen LogP contribution is -2.14. The molecule has 0 saturated heterocycles. The van der Waals surface area contributed by atoms with Gasteiger partial charge in [-0.05, 0) is 24.3 Å². The quantitative estimate of drug-likeness (QED) is 0.382. The van der Waals surface area contributed by atoms with Gasteiger partial charge in [-0.25, -0.2) is 0 Å². The molecule has 0 fully saturated rings. The van der Waals surface area contributed by atoms with E-state index in [1.807, 2.05) is 0 Å². The number of nitrogen functional groups attached to an aromatic ring is 1. The van der Waals surface area contributed by atoms with Crippen molar-refractivity contribution in [1.29, 1.82) is 0 Å². The van der Waals surface area contributed by atoms with Crippen LogP contribution >= 0.6 is 11.8 Å². The van der Waals surface area contributed by atoms with Crippen LogP contribution in [-0.4, -0.2) is 16.6 Å². The van der Waals surface area contributed by atoms with Crippen molar-refractivity contribution in [2.75, 3.05) is 16.8 Å². The highest BCUT2D eigenvalue weighted by Crippen LogP contribution is 2.25. The topological polar surface area (TPSA) is 98.3 Å². The van der Waals surface area contributed by atoms with Crippen LogP contribution in [-0.2, 0) is 4.79 Å². The summed E-state index contributed by atoms with van der Waals surface area (Å²) in [7, 11) is 0. The Morgan fingerprint density at radius 2 is 2.05 bits per heavy atom. The minimum absolute atomic E-state index is 0.0827. The van der Waals surface area contributed by atoms with Crippen LogP contribution in [0.15, 0.2) is 47.4 Å². The number of nitrogens with zero attached hydrogens (tertiary/aromatic N) is 1. The van der Waals surface area contributed by atoms with Crippen LogP contribution in [0.4, 0.5) is 21.5 Å². The second-order valence-corrected chi connectivity index (χ2v) is 5.32. The molecule has 0 radical (unpaired) electrons. The van der Waals surface area contributed by atoms with Gasteiger partial charge in [0.05, 0.1) is 10.7 Å². The SMILES string of the molecule is Nc1ccccc1SCC(=O)Nc1ccc(F)c([N+](=O)[O-])c1. The Hall–Kier alpha value is -2.61. The van der Waals surface area contributed by atoms with Gasteiger partial charge in [-0.15, -0.1) is 11.8 Å². The molecule has 0 unspecified atom stereocenters. The fourth-order valence-electron chi connectivity index (χ4n) is 1.68. The molecule has 0 aliphatic carbocycles. The molecule has 0 aliphatic heterocycles. The maximum atomic E-state index is 13.2. The van der Waals surface area contributed by atoms with Crippen LogP contribution < -0.4 is 11.1 Å². The van der Waals surface area contributed by atoms with Crippen LogP contribution in [0.3, 0.4) is 0 Å². The number of halogens is 1. The number of para-hydroxylation sites is 1. The zero-order chi connectivity index (χ0) is 16.1. The first-order chi connectivity index (χ1) is 10.5. The van der Waals surface area contributed by atoms with Gasteiger partial charge in [0.25, 0.3) is 0 Å². The van der Waals surface area contributed by atoms with Crippen molar-refractivity contribution in [3.05, 3.63) is 58.4 Å². The zero-order valence-electron chi connectivity index (χ0n) is 11.3. The van der Waals surface area contributed by atoms with E-state index in [1.54, 1.807) is 24.3 Å². The van der Waals surface area contributed by atoms with Crippen molar-refractivity contribution >= 4 is 34.7 Å². The van der Waals surface area contributed by atoms with E-state index in [-0.39, 0.29) is 17.3 Å². The monoisotopic (exact) mass is 321 g/mol. The van der Waals surface area contributed by atoms with Crippen LogP contribution in [0.5, 0.6) is 0 Å². The predicted molar refractivity (Wildman–Crippen MR) is 83.3 cm³/mol. The maximum absolute atomic E-state index is 13.2. The maximum Gasteiger partial charge on any atom is 0.306 e. The number of amides is 1. The summed E-state index contributed by atoms with van der Waals surface area (Å²) >= 11 is 1.24. The first kappa shape index (κ1) is 15.8. The lowest BCUT2D eigenvalue weighted by molar-refractivity contribution is -0.387. The van der Waals surface area contributed by atoms with E-state index in [0.29, 0.717) is 5.69 Å². The lowest BCUT2D eigenvalue weighted by atomic mass is 10.2. The number of nitro groups is 1. The summed E-state index contributed by atoms with van der Waals surface area (Å²) in [5, 5.41) is 13.1. The summed E-state index contributed by atoms with van der Waals surface area (Å²) in [4.78, 5) is 22.4. The zero-order valence-corrected chi connectivity index (χ0v) is 12.1. The van der Waals surface area contributed by atoms with Gasteiger partial charge in [-0.3, -0.25) is 14.9 Å². The van der Waals surface area contributed by atoms with Crippen molar-refractivity contribution in [3.63, 3.8) is 0 Å². The minimum atomic E-state index is -0.950. The van der Waals surface area contributed by atoms with E-state index >= 15 is 0 Å². The summed E-state index contributed by atoms with van der Waals surface area (Å²) in [6.45, 7) is 0. The van der Waals surface area contributed by atoms with Gasteiger partial charge in [0.2, 0.25) is 11.7 Å². The summed E-state index contributed by atoms with van der Waals surface area (Å²) in [6.07, 6.45) is 0. The van der Waals surface area contributed by atoms with Crippen LogP contribution in [0.25, 0.3) is 0 Å². The Morgan fingerprint density at radius 1 is 1.32 bits per heavy atom. The molecule has 2 aromatic rings. The largest absolute Gasteiger partial charge is 0.398 e. The molecule has 114 valence electrons. The highest BCUT2D eigenvalue weighted by molar-refractivity contribution is 8.00. The van der Waals surface area contributed by atoms with Crippen LogP contribution in [0.1, 0.15) is 0 Å². The van der Waals surface area contributed by atoms with Gasteiger partial charge in [-0.1, -0.05) is 12.1 Å². The molecular formula is C14H12FN3O3S. The van der Waals surface area contributed by atoms with E-state index in [9.17, 15) is 19.3 Å². The van der Waals surface area contributed by atoms with E-state index in [1.165, 1.54) is 17.8 Å². The molecule has 8 heteroatoms. The number of nitro benzene ring substituents is 1. The summed E-state index contributed by atoms with van der Waals surface area (Å²) < 4.78 is 13.2. The average molecular weight is 321 g/mol. The van der Waals surface area contributed by atoms with Crippen molar-refractivity contribution in [2.24, 2.45) is 0 Å². The molecule has 2 rings (SSSR count). The Bertz CT molecular complexity index is 724. The second kappa shape index (κ2) is 6.90. The third-order valence-corrected chi connectivity index (χ3v) is 3.79. The fourth-order valence-corrected chi connectivity index (χ4v) is 2.45. The van der Waals surface area contributed by atoms with Gasteiger partial charge in [-0.2, -0.15) is 4.39 Å². The molecule has 6 nitrogen and oxygen atoms in total. The molecule has 22 heavy (non-hydrogen) atoms.